The molecule has 7 aromatic carbocycles. The first-order chi connectivity index (χ1) is 31.1. The molecule has 0 saturated heterocycles. The van der Waals surface area contributed by atoms with E-state index in [1.807, 2.05) is 36.4 Å². The summed E-state index contributed by atoms with van der Waals surface area (Å²) in [6.45, 7) is 16.9. The van der Waals surface area contributed by atoms with Crippen LogP contribution in [0.4, 0.5) is 0 Å². The molecule has 0 bridgehead atoms. The minimum Gasteiger partial charge on any atom is -0.497 e. The van der Waals surface area contributed by atoms with Crippen molar-refractivity contribution in [3.63, 3.8) is 0 Å². The van der Waals surface area contributed by atoms with Crippen molar-refractivity contribution in [2.24, 2.45) is 5.92 Å². The third kappa shape index (κ3) is 10.6. The van der Waals surface area contributed by atoms with Gasteiger partial charge in [0.05, 0.1) is 20.8 Å². The first kappa shape index (κ1) is 42.7. The Bertz CT molecular complexity index is 2880. The van der Waals surface area contributed by atoms with Gasteiger partial charge in [-0.25, -0.2) is 11.2 Å². The van der Waals surface area contributed by atoms with E-state index in [1.54, 1.807) is 14.2 Å². The van der Waals surface area contributed by atoms with Gasteiger partial charge >= 0.3 is 0 Å². The van der Waals surface area contributed by atoms with Crippen molar-refractivity contribution in [2.75, 3.05) is 41.1 Å². The largest absolute Gasteiger partial charge is 0.497 e. The lowest BCUT2D eigenvalue weighted by Gasteiger charge is -2.35. The molecule has 1 N–H and O–H groups in total. The molecule has 0 heterocycles. The molecule has 7 nitrogen and oxygen atoms in total. The van der Waals surface area contributed by atoms with Crippen LogP contribution in [0.5, 0.6) is 11.5 Å². The van der Waals surface area contributed by atoms with Crippen LogP contribution >= 0.6 is 8.53 Å². The molecule has 0 saturated carbocycles. The average Bonchev–Trinajstić information content (AvgIpc) is 3.30. The van der Waals surface area contributed by atoms with Crippen molar-refractivity contribution in [1.29, 1.82) is 1.43 Å². The highest BCUT2D eigenvalue weighted by Crippen LogP contribution is 2.46. The Morgan fingerprint density at radius 1 is 0.694 bits per heavy atom. The van der Waals surface area contributed by atoms with Crippen LogP contribution in [-0.2, 0) is 15.5 Å². The number of benzene rings is 7. The molecule has 2 unspecified atom stereocenters. The average molecular weight is 846 g/mol. The maximum absolute atomic E-state index is 8.59. The van der Waals surface area contributed by atoms with E-state index < -0.39 is 8.53 Å². The van der Waals surface area contributed by atoms with Gasteiger partial charge in [0, 0.05) is 42.8 Å². The highest BCUT2D eigenvalue weighted by molar-refractivity contribution is 7.44. The molecule has 62 heavy (non-hydrogen) atoms. The van der Waals surface area contributed by atoms with Gasteiger partial charge in [0.15, 0.2) is 0 Å². The minimum absolute atomic E-state index is 0.0833. The van der Waals surface area contributed by atoms with Gasteiger partial charge in [-0.15, -0.1) is 0 Å². The predicted octanol–water partition coefficient (Wildman–Crippen LogP) is 12.2. The van der Waals surface area contributed by atoms with E-state index in [2.05, 4.69) is 145 Å². The number of aliphatic hydroxyl groups excluding tert-OH is 1. The molecule has 7 rings (SSSR count). The third-order valence-electron chi connectivity index (χ3n) is 10.5. The highest BCUT2D eigenvalue weighted by atomic mass is 31.2. The van der Waals surface area contributed by atoms with E-state index in [0.29, 0.717) is 19.6 Å². The van der Waals surface area contributed by atoms with Crippen LogP contribution in [-0.4, -0.2) is 64.4 Å². The summed E-state index contributed by atoms with van der Waals surface area (Å²) in [5.74, 6) is 15.9. The second-order valence-electron chi connectivity index (χ2n) is 15.3. The molecule has 0 radical (unpaired) electrons. The number of hydrogen-bond acceptors (Lipinski definition) is 6. The van der Waals surface area contributed by atoms with Crippen LogP contribution in [0.1, 0.15) is 63.8 Å². The summed E-state index contributed by atoms with van der Waals surface area (Å²) < 4.78 is 40.3. The molecule has 7 aromatic rings. The van der Waals surface area contributed by atoms with Crippen LogP contribution in [0.2, 0.25) is 0 Å². The Labute approximate surface area is 371 Å². The first-order valence-electron chi connectivity index (χ1n) is 21.9. The molecule has 0 spiro atoms. The van der Waals surface area contributed by atoms with Gasteiger partial charge in [0.2, 0.25) is 7.98 Å². The zero-order valence-electron chi connectivity index (χ0n) is 38.6. The van der Waals surface area contributed by atoms with Gasteiger partial charge in [0.1, 0.15) is 18.1 Å². The van der Waals surface area contributed by atoms with Crippen LogP contribution in [0, 0.1) is 36.2 Å². The van der Waals surface area contributed by atoms with Crippen molar-refractivity contribution in [1.82, 2.24) is 4.67 Å². The number of ether oxygens (including phenoxy) is 2. The lowest BCUT2D eigenvalue weighted by molar-refractivity contribution is 0.163. The Balaban J connectivity index is 0.00000220. The zero-order valence-corrected chi connectivity index (χ0v) is 37.5. The Kier molecular flexibility index (Phi) is 15.0. The van der Waals surface area contributed by atoms with Crippen molar-refractivity contribution < 1.29 is 25.0 Å². The van der Waals surface area contributed by atoms with Crippen molar-refractivity contribution >= 4 is 51.6 Å². The lowest BCUT2D eigenvalue weighted by atomic mass is 9.89. The fraction of sp³-hybridized carbons (Fsp3) is 0.278. The van der Waals surface area contributed by atoms with E-state index in [-0.39, 0.29) is 31.4 Å². The molecule has 0 amide bonds. The fourth-order valence-corrected chi connectivity index (χ4v) is 9.42. The molecular formula is C54H55N2O5P. The number of methoxy groups -OCH3 is 2. The first-order valence-corrected chi connectivity index (χ1v) is 21.9. The third-order valence-corrected chi connectivity index (χ3v) is 12.6. The van der Waals surface area contributed by atoms with Gasteiger partial charge in [-0.2, -0.15) is 0 Å². The van der Waals surface area contributed by atoms with Crippen LogP contribution in [0.25, 0.3) is 47.9 Å². The van der Waals surface area contributed by atoms with Crippen LogP contribution in [0.3, 0.4) is 0 Å². The van der Waals surface area contributed by atoms with E-state index >= 15 is 0 Å². The Hall–Kier alpha value is -5.94. The summed E-state index contributed by atoms with van der Waals surface area (Å²) in [4.78, 5) is 3.48. The Morgan fingerprint density at radius 2 is 1.23 bits per heavy atom. The second-order valence-corrected chi connectivity index (χ2v) is 16.8. The summed E-state index contributed by atoms with van der Waals surface area (Å²) in [6, 6.07) is 39.9. The molecule has 0 aliphatic carbocycles. The molecule has 0 aliphatic heterocycles. The zero-order chi connectivity index (χ0) is 45.6. The smallest absolute Gasteiger partial charge is 0.259 e. The maximum Gasteiger partial charge on any atom is 0.259 e. The SMILES string of the molecule is [2H]CC(COP(OCC[N+]#[C-])N(C(C)C)C(C)C)Cc1ccc2c(C#Cc3cccc4cc(OC)ccc34)c3ccccc3c(C#Cc3cccc4cc(OC)ccc34)c2c1.[3H]OC. The minimum atomic E-state index is -1.41. The summed E-state index contributed by atoms with van der Waals surface area (Å²) in [6.07, 6.45) is 0.638. The number of rotatable bonds is 13. The highest BCUT2D eigenvalue weighted by Gasteiger charge is 2.28. The van der Waals surface area contributed by atoms with Crippen molar-refractivity contribution in [3.05, 3.63) is 154 Å². The molecule has 0 aliphatic rings. The van der Waals surface area contributed by atoms with Crippen LogP contribution < -0.4 is 9.47 Å². The number of nitrogens with zero attached hydrogens (tertiary/aromatic N) is 2. The quantitative estimate of drug-likeness (QED) is 0.0410. The number of hydrogen-bond donors (Lipinski definition) is 1. The second kappa shape index (κ2) is 21.7. The van der Waals surface area contributed by atoms with Crippen LogP contribution in [0.15, 0.2) is 115 Å². The standard InChI is InChI=1S/C53H51N2O4P.CH4O/c1-36(2)55(37(3)4)60(58-30-29-54-6)59-35-38(5)31-39-19-24-51-50(25-20-40-13-11-15-42-33-44(56-7)22-27-46(40)42)48-17-9-10-18-49(48)52(53(51)32-39)26-21-41-14-12-16-43-34-45(57-8)23-28-47(41)43;1-2/h9-19,22-24,27-28,32-34,36-38H,29-31,35H2,1-5,7-8H3;2H,1H3/i5D;2T. The molecular weight excluding hydrogens is 788 g/mol. The van der Waals surface area contributed by atoms with Crippen molar-refractivity contribution in [3.8, 4) is 35.2 Å². The van der Waals surface area contributed by atoms with E-state index in [0.717, 1.165) is 82.4 Å². The molecule has 0 aromatic heterocycles. The normalized spacial score (nSPS) is 12.5. The topological polar surface area (TPSA) is 64.8 Å². The van der Waals surface area contributed by atoms with E-state index in [1.165, 1.54) is 7.11 Å². The van der Waals surface area contributed by atoms with Gasteiger partial charge in [0.25, 0.3) is 8.53 Å². The summed E-state index contributed by atoms with van der Waals surface area (Å²) in [7, 11) is 3.25. The predicted molar refractivity (Wildman–Crippen MR) is 258 cm³/mol. The summed E-state index contributed by atoms with van der Waals surface area (Å²) in [5.41, 5.74) is 4.84. The van der Waals surface area contributed by atoms with Gasteiger partial charge in [-0.05, 0) is 143 Å². The Morgan fingerprint density at radius 3 is 1.74 bits per heavy atom. The number of aliphatic hydroxyl groups is 1. The monoisotopic (exact) mass is 845 g/mol. The fourth-order valence-electron chi connectivity index (χ4n) is 7.75. The maximum atomic E-state index is 8.59. The van der Waals surface area contributed by atoms with Gasteiger partial charge < -0.3 is 28.5 Å². The lowest BCUT2D eigenvalue weighted by Crippen LogP contribution is -2.34. The van der Waals surface area contributed by atoms with E-state index in [4.69, 9.17) is 27.9 Å². The van der Waals surface area contributed by atoms with E-state index in [9.17, 15) is 0 Å². The molecule has 316 valence electrons. The van der Waals surface area contributed by atoms with Crippen molar-refractivity contribution in [2.45, 2.75) is 53.1 Å². The molecule has 2 atom stereocenters. The summed E-state index contributed by atoms with van der Waals surface area (Å²) >= 11 is 0. The molecule has 8 heteroatoms. The van der Waals surface area contributed by atoms with Gasteiger partial charge in [-0.1, -0.05) is 91.2 Å². The summed E-state index contributed by atoms with van der Waals surface area (Å²) in [5, 5.41) is 11.9. The van der Waals surface area contributed by atoms with Gasteiger partial charge in [-0.3, -0.25) is 0 Å². The number of fused-ring (bicyclic) bond motifs is 4. The molecule has 0 fully saturated rings.